The van der Waals surface area contributed by atoms with E-state index in [0.29, 0.717) is 6.61 Å². The molecule has 98 valence electrons. The molecule has 1 aromatic carbocycles. The van der Waals surface area contributed by atoms with Gasteiger partial charge in [-0.25, -0.2) is 4.79 Å². The van der Waals surface area contributed by atoms with E-state index in [1.165, 1.54) is 7.11 Å². The topological polar surface area (TPSA) is 35.5 Å². The van der Waals surface area contributed by atoms with Crippen LogP contribution in [0.3, 0.4) is 0 Å². The smallest absolute Gasteiger partial charge is 0.332 e. The van der Waals surface area contributed by atoms with Gasteiger partial charge in [0, 0.05) is 7.11 Å². The number of carbonyl (C=O) groups is 1. The molecule has 0 aliphatic rings. The lowest BCUT2D eigenvalue weighted by molar-refractivity contribution is -0.149. The fourth-order valence-corrected chi connectivity index (χ4v) is 0.898. The zero-order chi connectivity index (χ0) is 13.5. The normalized spacial score (nSPS) is 8.06. The van der Waals surface area contributed by atoms with Gasteiger partial charge in [-0.1, -0.05) is 58.0 Å². The molecule has 0 atom stereocenters. The van der Waals surface area contributed by atoms with Crippen LogP contribution in [0.4, 0.5) is 0 Å². The molecule has 0 saturated carbocycles. The Morgan fingerprint density at radius 1 is 1.06 bits per heavy atom. The monoisotopic (exact) mass is 240 g/mol. The minimum atomic E-state index is -0.341. The molecule has 0 spiro atoms. The van der Waals surface area contributed by atoms with Gasteiger partial charge in [0.1, 0.15) is 13.2 Å². The van der Waals surface area contributed by atoms with Gasteiger partial charge in [0.05, 0.1) is 0 Å². The number of hydrogen-bond donors (Lipinski definition) is 0. The molecular formula is C14H24O3. The van der Waals surface area contributed by atoms with E-state index in [1.807, 2.05) is 58.0 Å². The van der Waals surface area contributed by atoms with E-state index < -0.39 is 0 Å². The second-order valence-corrected chi connectivity index (χ2v) is 2.58. The van der Waals surface area contributed by atoms with Crippen LogP contribution in [0.2, 0.25) is 0 Å². The van der Waals surface area contributed by atoms with Crippen molar-refractivity contribution in [1.82, 2.24) is 0 Å². The highest BCUT2D eigenvalue weighted by molar-refractivity contribution is 5.70. The molecule has 0 N–H and O–H groups in total. The van der Waals surface area contributed by atoms with Gasteiger partial charge in [0.25, 0.3) is 0 Å². The zero-order valence-electron chi connectivity index (χ0n) is 11.5. The molecule has 0 aliphatic carbocycles. The van der Waals surface area contributed by atoms with Crippen LogP contribution in [-0.4, -0.2) is 19.7 Å². The van der Waals surface area contributed by atoms with Crippen LogP contribution in [0.5, 0.6) is 0 Å². The van der Waals surface area contributed by atoms with Gasteiger partial charge in [-0.2, -0.15) is 0 Å². The highest BCUT2D eigenvalue weighted by atomic mass is 16.6. The summed E-state index contributed by atoms with van der Waals surface area (Å²) in [4.78, 5) is 10.9. The first-order valence-corrected chi connectivity index (χ1v) is 6.01. The Morgan fingerprint density at radius 3 is 2.06 bits per heavy atom. The van der Waals surface area contributed by atoms with Gasteiger partial charge in [-0.05, 0) is 5.56 Å². The molecule has 0 fully saturated rings. The maximum Gasteiger partial charge on any atom is 0.332 e. The Bertz CT molecular complexity index is 257. The molecule has 0 amide bonds. The van der Waals surface area contributed by atoms with Crippen molar-refractivity contribution in [3.63, 3.8) is 0 Å². The van der Waals surface area contributed by atoms with E-state index in [1.54, 1.807) is 0 Å². The number of esters is 1. The van der Waals surface area contributed by atoms with E-state index in [2.05, 4.69) is 4.74 Å². The third kappa shape index (κ3) is 10.9. The second-order valence-electron chi connectivity index (χ2n) is 2.58. The summed E-state index contributed by atoms with van der Waals surface area (Å²) < 4.78 is 9.52. The molecule has 0 aliphatic heterocycles. The Morgan fingerprint density at radius 2 is 1.59 bits per heavy atom. The average molecular weight is 240 g/mol. The Kier molecular flexibility index (Phi) is 15.5. The lowest BCUT2D eigenvalue weighted by Gasteiger charge is -2.03. The van der Waals surface area contributed by atoms with Crippen molar-refractivity contribution in [3.8, 4) is 0 Å². The van der Waals surface area contributed by atoms with Gasteiger partial charge in [-0.3, -0.25) is 0 Å². The van der Waals surface area contributed by atoms with Crippen LogP contribution in [-0.2, 0) is 20.9 Å². The summed E-state index contributed by atoms with van der Waals surface area (Å²) >= 11 is 0. The van der Waals surface area contributed by atoms with Crippen molar-refractivity contribution >= 4 is 5.97 Å². The Balaban J connectivity index is 0. The van der Waals surface area contributed by atoms with Crippen molar-refractivity contribution in [2.45, 2.75) is 34.3 Å². The van der Waals surface area contributed by atoms with Gasteiger partial charge >= 0.3 is 5.97 Å². The number of benzene rings is 1. The van der Waals surface area contributed by atoms with E-state index in [4.69, 9.17) is 4.74 Å². The summed E-state index contributed by atoms with van der Waals surface area (Å²) in [6.07, 6.45) is 0. The minimum Gasteiger partial charge on any atom is -0.459 e. The first-order chi connectivity index (χ1) is 8.33. The van der Waals surface area contributed by atoms with Crippen molar-refractivity contribution in [1.29, 1.82) is 0 Å². The fraction of sp³-hybridized carbons (Fsp3) is 0.500. The molecule has 3 heteroatoms. The number of rotatable bonds is 4. The maximum atomic E-state index is 10.9. The summed E-state index contributed by atoms with van der Waals surface area (Å²) in [5.41, 5.74) is 0.979. The quantitative estimate of drug-likeness (QED) is 0.756. The predicted octanol–water partition coefficient (Wildman–Crippen LogP) is 3.43. The third-order valence-corrected chi connectivity index (χ3v) is 1.50. The van der Waals surface area contributed by atoms with Gasteiger partial charge in [0.2, 0.25) is 0 Å². The summed E-state index contributed by atoms with van der Waals surface area (Å²) in [5, 5.41) is 0. The summed E-state index contributed by atoms with van der Waals surface area (Å²) in [7, 11) is 1.46. The minimum absolute atomic E-state index is 0.00678. The van der Waals surface area contributed by atoms with Gasteiger partial charge in [-0.15, -0.1) is 0 Å². The zero-order valence-corrected chi connectivity index (χ0v) is 11.5. The van der Waals surface area contributed by atoms with Crippen molar-refractivity contribution in [2.24, 2.45) is 0 Å². The van der Waals surface area contributed by atoms with E-state index >= 15 is 0 Å². The Hall–Kier alpha value is -1.35. The van der Waals surface area contributed by atoms with Crippen molar-refractivity contribution in [3.05, 3.63) is 35.9 Å². The first-order valence-electron chi connectivity index (χ1n) is 6.01. The van der Waals surface area contributed by atoms with Gasteiger partial charge < -0.3 is 9.47 Å². The fourth-order valence-electron chi connectivity index (χ4n) is 0.898. The molecule has 0 bridgehead atoms. The lowest BCUT2D eigenvalue weighted by Crippen LogP contribution is -2.10. The molecular weight excluding hydrogens is 216 g/mol. The molecule has 3 nitrogen and oxygen atoms in total. The lowest BCUT2D eigenvalue weighted by atomic mass is 10.2. The van der Waals surface area contributed by atoms with E-state index in [9.17, 15) is 4.79 Å². The van der Waals surface area contributed by atoms with E-state index in [0.717, 1.165) is 5.56 Å². The van der Waals surface area contributed by atoms with Crippen LogP contribution in [0.15, 0.2) is 30.3 Å². The number of hydrogen-bond acceptors (Lipinski definition) is 3. The Labute approximate surface area is 105 Å². The molecule has 0 saturated heterocycles. The van der Waals surface area contributed by atoms with Crippen LogP contribution in [0, 0.1) is 0 Å². The average Bonchev–Trinajstić information content (AvgIpc) is 2.43. The summed E-state index contributed by atoms with van der Waals surface area (Å²) in [5.74, 6) is -0.341. The number of methoxy groups -OCH3 is 1. The first kappa shape index (κ1) is 18.0. The molecule has 0 radical (unpaired) electrons. The number of ether oxygens (including phenoxy) is 2. The van der Waals surface area contributed by atoms with Crippen molar-refractivity contribution in [2.75, 3.05) is 13.7 Å². The second kappa shape index (κ2) is 14.6. The van der Waals surface area contributed by atoms with Crippen LogP contribution in [0.1, 0.15) is 33.3 Å². The van der Waals surface area contributed by atoms with Crippen LogP contribution in [0.25, 0.3) is 0 Å². The molecule has 0 heterocycles. The highest BCUT2D eigenvalue weighted by Gasteiger charge is 2.00. The molecule has 1 aromatic rings. The SMILES string of the molecule is CC.CC.COCC(=O)OCc1ccccc1. The van der Waals surface area contributed by atoms with E-state index in [-0.39, 0.29) is 12.6 Å². The largest absolute Gasteiger partial charge is 0.459 e. The van der Waals surface area contributed by atoms with Gasteiger partial charge in [0.15, 0.2) is 0 Å². The summed E-state index contributed by atoms with van der Waals surface area (Å²) in [6.45, 7) is 8.32. The molecule has 0 unspecified atom stereocenters. The molecule has 1 rings (SSSR count). The van der Waals surface area contributed by atoms with Crippen molar-refractivity contribution < 1.29 is 14.3 Å². The summed E-state index contributed by atoms with van der Waals surface area (Å²) in [6, 6.07) is 9.53. The third-order valence-electron chi connectivity index (χ3n) is 1.50. The van der Waals surface area contributed by atoms with Crippen LogP contribution < -0.4 is 0 Å². The predicted molar refractivity (Wildman–Crippen MR) is 70.8 cm³/mol. The molecule has 0 aromatic heterocycles. The maximum absolute atomic E-state index is 10.9. The standard InChI is InChI=1S/C10H12O3.2C2H6/c1-12-8-10(11)13-7-9-5-3-2-4-6-9;2*1-2/h2-6H,7-8H2,1H3;2*1-2H3. The van der Waals surface area contributed by atoms with Crippen LogP contribution >= 0.6 is 0 Å². The highest BCUT2D eigenvalue weighted by Crippen LogP contribution is 2.00. The number of carbonyl (C=O) groups excluding carboxylic acids is 1. The molecule has 17 heavy (non-hydrogen) atoms.